The van der Waals surface area contributed by atoms with Gasteiger partial charge in [0, 0.05) is 24.2 Å². The molecule has 5 nitrogen and oxygen atoms in total. The Morgan fingerprint density at radius 2 is 2.17 bits per heavy atom. The molecule has 1 atom stereocenters. The van der Waals surface area contributed by atoms with Crippen LogP contribution in [0.3, 0.4) is 0 Å². The van der Waals surface area contributed by atoms with E-state index in [-0.39, 0.29) is 18.2 Å². The number of hydrogen-bond acceptors (Lipinski definition) is 3. The van der Waals surface area contributed by atoms with Crippen molar-refractivity contribution in [3.63, 3.8) is 0 Å². The number of benzene rings is 1. The average molecular weight is 247 g/mol. The summed E-state index contributed by atoms with van der Waals surface area (Å²) in [6.45, 7) is 4.37. The summed E-state index contributed by atoms with van der Waals surface area (Å²) in [5, 5.41) is 5.92. The van der Waals surface area contributed by atoms with E-state index in [1.807, 2.05) is 26.0 Å². The van der Waals surface area contributed by atoms with Crippen LogP contribution >= 0.6 is 0 Å². The van der Waals surface area contributed by atoms with E-state index >= 15 is 0 Å². The number of aryl methyl sites for hydroxylation is 2. The normalized spacial score (nSPS) is 17.4. The van der Waals surface area contributed by atoms with E-state index < -0.39 is 6.04 Å². The SMILES string of the molecule is Cc1cc(C)c2c(c1)C(NCCC(N)=O)C(=O)N2. The second-order valence-electron chi connectivity index (χ2n) is 4.64. The average Bonchev–Trinajstić information content (AvgIpc) is 2.56. The number of carbonyl (C=O) groups excluding carboxylic acids is 2. The Morgan fingerprint density at radius 1 is 1.44 bits per heavy atom. The number of carbonyl (C=O) groups is 2. The lowest BCUT2D eigenvalue weighted by molar-refractivity contribution is -0.119. The summed E-state index contributed by atoms with van der Waals surface area (Å²) in [5.74, 6) is -0.454. The Balaban J connectivity index is 2.19. The molecule has 0 spiro atoms. The Kier molecular flexibility index (Phi) is 3.34. The lowest BCUT2D eigenvalue weighted by Crippen LogP contribution is -2.30. The molecule has 0 aliphatic carbocycles. The molecule has 0 radical (unpaired) electrons. The van der Waals surface area contributed by atoms with Gasteiger partial charge in [-0.15, -0.1) is 0 Å². The number of amides is 2. The fraction of sp³-hybridized carbons (Fsp3) is 0.385. The van der Waals surface area contributed by atoms with Crippen LogP contribution in [0.15, 0.2) is 12.1 Å². The van der Waals surface area contributed by atoms with Gasteiger partial charge in [0.1, 0.15) is 6.04 Å². The quantitative estimate of drug-likeness (QED) is 0.734. The first kappa shape index (κ1) is 12.6. The highest BCUT2D eigenvalue weighted by Crippen LogP contribution is 2.34. The van der Waals surface area contributed by atoms with Crippen molar-refractivity contribution in [1.82, 2.24) is 5.32 Å². The molecule has 18 heavy (non-hydrogen) atoms. The predicted octanol–water partition coefficient (Wildman–Crippen LogP) is 0.762. The maximum atomic E-state index is 11.9. The van der Waals surface area contributed by atoms with Crippen molar-refractivity contribution in [2.75, 3.05) is 11.9 Å². The van der Waals surface area contributed by atoms with Crippen molar-refractivity contribution in [2.24, 2.45) is 5.73 Å². The predicted molar refractivity (Wildman–Crippen MR) is 69.1 cm³/mol. The molecule has 96 valence electrons. The van der Waals surface area contributed by atoms with Crippen LogP contribution in [0.1, 0.15) is 29.2 Å². The van der Waals surface area contributed by atoms with Crippen LogP contribution in [0, 0.1) is 13.8 Å². The van der Waals surface area contributed by atoms with E-state index in [1.165, 1.54) is 0 Å². The highest BCUT2D eigenvalue weighted by Gasteiger charge is 2.31. The lowest BCUT2D eigenvalue weighted by atomic mass is 10.0. The molecule has 5 heteroatoms. The van der Waals surface area contributed by atoms with Crippen molar-refractivity contribution < 1.29 is 9.59 Å². The zero-order chi connectivity index (χ0) is 13.3. The Morgan fingerprint density at radius 3 is 2.83 bits per heavy atom. The molecular weight excluding hydrogens is 230 g/mol. The molecule has 1 heterocycles. The van der Waals surface area contributed by atoms with E-state index in [4.69, 9.17) is 5.73 Å². The summed E-state index contributed by atoms with van der Waals surface area (Å²) in [4.78, 5) is 22.6. The molecule has 0 saturated carbocycles. The minimum Gasteiger partial charge on any atom is -0.370 e. The molecule has 1 aliphatic rings. The first-order chi connectivity index (χ1) is 8.49. The molecule has 2 rings (SSSR count). The molecule has 0 saturated heterocycles. The molecule has 0 fully saturated rings. The van der Waals surface area contributed by atoms with Crippen LogP contribution in [0.4, 0.5) is 5.69 Å². The molecule has 2 amide bonds. The van der Waals surface area contributed by atoms with Gasteiger partial charge in [-0.05, 0) is 19.4 Å². The van der Waals surface area contributed by atoms with Gasteiger partial charge in [0.25, 0.3) is 0 Å². The van der Waals surface area contributed by atoms with Crippen molar-refractivity contribution in [2.45, 2.75) is 26.3 Å². The van der Waals surface area contributed by atoms with Crippen LogP contribution in [0.5, 0.6) is 0 Å². The summed E-state index contributed by atoms with van der Waals surface area (Å²) in [6.07, 6.45) is 0.226. The molecule has 0 bridgehead atoms. The first-order valence-electron chi connectivity index (χ1n) is 5.92. The zero-order valence-corrected chi connectivity index (χ0v) is 10.5. The van der Waals surface area contributed by atoms with Gasteiger partial charge in [0.05, 0.1) is 0 Å². The third-order valence-corrected chi connectivity index (χ3v) is 3.05. The number of hydrogen-bond donors (Lipinski definition) is 3. The summed E-state index contributed by atoms with van der Waals surface area (Å²) in [5.41, 5.74) is 9.07. The van der Waals surface area contributed by atoms with Gasteiger partial charge in [-0.25, -0.2) is 0 Å². The van der Waals surface area contributed by atoms with Crippen molar-refractivity contribution in [1.29, 1.82) is 0 Å². The zero-order valence-electron chi connectivity index (χ0n) is 10.5. The summed E-state index contributed by atoms with van der Waals surface area (Å²) < 4.78 is 0. The van der Waals surface area contributed by atoms with Crippen molar-refractivity contribution >= 4 is 17.5 Å². The van der Waals surface area contributed by atoms with Crippen LogP contribution in [-0.4, -0.2) is 18.4 Å². The van der Waals surface area contributed by atoms with Gasteiger partial charge in [-0.1, -0.05) is 17.7 Å². The van der Waals surface area contributed by atoms with Crippen LogP contribution in [0.25, 0.3) is 0 Å². The maximum absolute atomic E-state index is 11.9. The van der Waals surface area contributed by atoms with E-state index in [2.05, 4.69) is 10.6 Å². The van der Waals surface area contributed by atoms with Gasteiger partial charge >= 0.3 is 0 Å². The van der Waals surface area contributed by atoms with Crippen molar-refractivity contribution in [3.05, 3.63) is 28.8 Å². The minimum absolute atomic E-state index is 0.0804. The second kappa shape index (κ2) is 4.78. The van der Waals surface area contributed by atoms with E-state index in [0.717, 1.165) is 22.4 Å². The Bertz CT molecular complexity index is 511. The molecule has 0 aromatic heterocycles. The summed E-state index contributed by atoms with van der Waals surface area (Å²) >= 11 is 0. The van der Waals surface area contributed by atoms with E-state index in [0.29, 0.717) is 6.54 Å². The van der Waals surface area contributed by atoms with Crippen LogP contribution in [-0.2, 0) is 9.59 Å². The van der Waals surface area contributed by atoms with E-state index in [1.54, 1.807) is 0 Å². The molecule has 1 aromatic carbocycles. The van der Waals surface area contributed by atoms with E-state index in [9.17, 15) is 9.59 Å². The fourth-order valence-electron chi connectivity index (χ4n) is 2.28. The highest BCUT2D eigenvalue weighted by atomic mass is 16.2. The largest absolute Gasteiger partial charge is 0.370 e. The van der Waals surface area contributed by atoms with Gasteiger partial charge in [0.2, 0.25) is 11.8 Å². The topological polar surface area (TPSA) is 84.2 Å². The van der Waals surface area contributed by atoms with Gasteiger partial charge in [-0.3, -0.25) is 9.59 Å². The Hall–Kier alpha value is -1.88. The molecule has 1 aromatic rings. The number of anilines is 1. The van der Waals surface area contributed by atoms with Crippen LogP contribution in [0.2, 0.25) is 0 Å². The lowest BCUT2D eigenvalue weighted by Gasteiger charge is -2.11. The standard InChI is InChI=1S/C13H17N3O2/c1-7-5-8(2)11-9(6-7)12(13(18)16-11)15-4-3-10(14)17/h5-6,12,15H,3-4H2,1-2H3,(H2,14,17)(H,16,18). The smallest absolute Gasteiger partial charge is 0.246 e. The fourth-order valence-corrected chi connectivity index (χ4v) is 2.28. The molecular formula is C13H17N3O2. The number of primary amides is 1. The minimum atomic E-state index is -0.391. The highest BCUT2D eigenvalue weighted by molar-refractivity contribution is 6.03. The van der Waals surface area contributed by atoms with Gasteiger partial charge in [0.15, 0.2) is 0 Å². The molecule has 4 N–H and O–H groups in total. The summed E-state index contributed by atoms with van der Waals surface area (Å²) in [7, 11) is 0. The Labute approximate surface area is 106 Å². The van der Waals surface area contributed by atoms with Crippen LogP contribution < -0.4 is 16.4 Å². The van der Waals surface area contributed by atoms with Gasteiger partial charge in [-0.2, -0.15) is 0 Å². The summed E-state index contributed by atoms with van der Waals surface area (Å²) in [6, 6.07) is 3.63. The third-order valence-electron chi connectivity index (χ3n) is 3.05. The number of fused-ring (bicyclic) bond motifs is 1. The maximum Gasteiger partial charge on any atom is 0.246 e. The number of rotatable bonds is 4. The number of nitrogens with one attached hydrogen (secondary N) is 2. The molecule has 1 aliphatic heterocycles. The number of nitrogens with two attached hydrogens (primary N) is 1. The van der Waals surface area contributed by atoms with Gasteiger partial charge < -0.3 is 16.4 Å². The third kappa shape index (κ3) is 2.36. The van der Waals surface area contributed by atoms with Crippen molar-refractivity contribution in [3.8, 4) is 0 Å². The monoisotopic (exact) mass is 247 g/mol. The first-order valence-corrected chi connectivity index (χ1v) is 5.92. The molecule has 1 unspecified atom stereocenters. The second-order valence-corrected chi connectivity index (χ2v) is 4.64.